The Hall–Kier alpha value is -4.31. The van der Waals surface area contributed by atoms with Crippen LogP contribution in [-0.4, -0.2) is 55.0 Å². The highest BCUT2D eigenvalue weighted by Crippen LogP contribution is 2.41. The van der Waals surface area contributed by atoms with E-state index in [1.807, 2.05) is 6.92 Å². The van der Waals surface area contributed by atoms with Gasteiger partial charge in [0.2, 0.25) is 0 Å². The number of fused-ring (bicyclic) bond motifs is 1. The van der Waals surface area contributed by atoms with Crippen molar-refractivity contribution in [3.63, 3.8) is 0 Å². The second-order valence-corrected chi connectivity index (χ2v) is 12.0. The summed E-state index contributed by atoms with van der Waals surface area (Å²) in [5.41, 5.74) is -0.198. The molecule has 236 valence electrons. The van der Waals surface area contributed by atoms with E-state index >= 15 is 0 Å². The molecule has 44 heavy (non-hydrogen) atoms. The van der Waals surface area contributed by atoms with Gasteiger partial charge in [0.15, 0.2) is 6.10 Å². The Bertz CT molecular complexity index is 1410. The van der Waals surface area contributed by atoms with Crippen molar-refractivity contribution < 1.29 is 23.5 Å². The molecule has 1 aromatic carbocycles. The highest BCUT2D eigenvalue weighted by atomic mass is 35.5. The van der Waals surface area contributed by atoms with E-state index in [9.17, 15) is 19.2 Å². The van der Waals surface area contributed by atoms with Gasteiger partial charge in [-0.2, -0.15) is 5.26 Å². The summed E-state index contributed by atoms with van der Waals surface area (Å²) in [4.78, 5) is 29.8. The molecule has 2 unspecified atom stereocenters. The fourth-order valence-corrected chi connectivity index (χ4v) is 4.72. The van der Waals surface area contributed by atoms with Crippen molar-refractivity contribution >= 4 is 35.0 Å². The minimum absolute atomic E-state index is 0.130. The zero-order valence-electron chi connectivity index (χ0n) is 25.8. The van der Waals surface area contributed by atoms with Crippen molar-refractivity contribution in [2.24, 2.45) is 26.1 Å². The van der Waals surface area contributed by atoms with Gasteiger partial charge in [0.25, 0.3) is 12.2 Å². The molecule has 0 radical (unpaired) electrons. The van der Waals surface area contributed by atoms with Gasteiger partial charge in [-0.05, 0) is 75.1 Å². The number of carbonyl (C=O) groups excluding carboxylic acids is 2. The van der Waals surface area contributed by atoms with Gasteiger partial charge in [-0.1, -0.05) is 37.3 Å². The molecule has 2 amide bonds. The first-order valence-electron chi connectivity index (χ1n) is 14.1. The molecule has 0 spiro atoms. The van der Waals surface area contributed by atoms with E-state index < -0.39 is 35.4 Å². The minimum Gasteiger partial charge on any atom is -0.476 e. The number of nitrogens with zero attached hydrogens (tertiary/aromatic N) is 7. The average Bonchev–Trinajstić information content (AvgIpc) is 3.48. The van der Waals surface area contributed by atoms with Crippen LogP contribution in [0.15, 0.2) is 69.0 Å². The largest absolute Gasteiger partial charge is 0.476 e. The van der Waals surface area contributed by atoms with Crippen LogP contribution in [0.4, 0.5) is 20.6 Å². The third kappa shape index (κ3) is 8.86. The predicted octanol–water partition coefficient (Wildman–Crippen LogP) is 7.52. The van der Waals surface area contributed by atoms with Crippen LogP contribution in [0.2, 0.25) is 5.02 Å². The van der Waals surface area contributed by atoms with Crippen LogP contribution in [-0.2, 0) is 9.53 Å². The van der Waals surface area contributed by atoms with Gasteiger partial charge >= 0.3 is 6.09 Å². The first-order chi connectivity index (χ1) is 20.7. The molecular formula is C30H38ClFN8O4. The fraction of sp³-hybridized carbons (Fsp3) is 0.500. The fourth-order valence-electron chi connectivity index (χ4n) is 4.51. The van der Waals surface area contributed by atoms with Crippen LogP contribution in [0, 0.1) is 16.7 Å². The molecule has 1 N–H and O–H groups in total. The highest BCUT2D eigenvalue weighted by molar-refractivity contribution is 6.33. The summed E-state index contributed by atoms with van der Waals surface area (Å²) in [7, 11) is 1.61. The second kappa shape index (κ2) is 14.4. The predicted molar refractivity (Wildman–Crippen MR) is 165 cm³/mol. The van der Waals surface area contributed by atoms with E-state index in [0.717, 1.165) is 0 Å². The number of allylic oxidation sites excluding steroid dienone is 5. The topological polar surface area (TPSA) is 144 Å². The monoisotopic (exact) mass is 628 g/mol. The maximum atomic E-state index is 13.7. The summed E-state index contributed by atoms with van der Waals surface area (Å²) < 4.78 is 25.1. The number of hydrogen-bond donors (Lipinski definition) is 1. The zero-order valence-corrected chi connectivity index (χ0v) is 26.6. The summed E-state index contributed by atoms with van der Waals surface area (Å²) in [6.45, 7) is 12.3. The van der Waals surface area contributed by atoms with E-state index in [-0.39, 0.29) is 29.7 Å². The maximum absolute atomic E-state index is 13.7. The number of benzene rings is 1. The van der Waals surface area contributed by atoms with Gasteiger partial charge in [0.05, 0.1) is 40.3 Å². The Balaban J connectivity index is 1.85. The van der Waals surface area contributed by atoms with E-state index in [1.54, 1.807) is 46.0 Å². The van der Waals surface area contributed by atoms with Crippen LogP contribution in [0.5, 0.6) is 5.75 Å². The molecule has 12 nitrogen and oxygen atoms in total. The van der Waals surface area contributed by atoms with Crippen LogP contribution < -0.4 is 15.0 Å². The first-order valence-corrected chi connectivity index (χ1v) is 14.5. The molecule has 1 aromatic rings. The molecule has 2 aliphatic rings. The van der Waals surface area contributed by atoms with Gasteiger partial charge < -0.3 is 19.7 Å². The Morgan fingerprint density at radius 2 is 2.00 bits per heavy atom. The summed E-state index contributed by atoms with van der Waals surface area (Å²) in [5.74, 6) is -0.544. The van der Waals surface area contributed by atoms with Crippen molar-refractivity contribution in [2.75, 3.05) is 30.4 Å². The zero-order chi connectivity index (χ0) is 32.7. The number of likely N-dealkylation sites (N-methyl/N-ethyl adjacent to an activating group) is 1. The highest BCUT2D eigenvalue weighted by Gasteiger charge is 2.39. The van der Waals surface area contributed by atoms with Gasteiger partial charge in [-0.15, -0.1) is 10.2 Å². The van der Waals surface area contributed by atoms with Crippen molar-refractivity contribution in [3.05, 3.63) is 53.4 Å². The summed E-state index contributed by atoms with van der Waals surface area (Å²) in [6, 6.07) is 5.48. The Morgan fingerprint density at radius 1 is 1.32 bits per heavy atom. The quantitative estimate of drug-likeness (QED) is 0.251. The molecular weight excluding hydrogens is 591 g/mol. The molecule has 2 atom stereocenters. The SMILES string of the molecule is C=CC(=CC=C(C)F)CC(C#N)(CC)CCN(C)C(=O)C1CN(C(=O)OC(C)(C)C)c2cc(Cl)c(NC3N=NN=N3)cc2O1. The summed E-state index contributed by atoms with van der Waals surface area (Å²) in [6.07, 6.45) is 3.18. The Kier molecular flexibility index (Phi) is 11.2. The minimum atomic E-state index is -1.08. The van der Waals surface area contributed by atoms with Crippen LogP contribution in [0.1, 0.15) is 53.9 Å². The number of amides is 2. The van der Waals surface area contributed by atoms with E-state index in [0.29, 0.717) is 36.2 Å². The number of carbonyl (C=O) groups is 2. The van der Waals surface area contributed by atoms with Crippen LogP contribution >= 0.6 is 11.6 Å². The molecule has 2 heterocycles. The first kappa shape index (κ1) is 34.2. The normalized spacial score (nSPS) is 18.2. The molecule has 2 aliphatic heterocycles. The van der Waals surface area contributed by atoms with Gasteiger partial charge in [-0.3, -0.25) is 9.69 Å². The maximum Gasteiger partial charge on any atom is 0.415 e. The third-order valence-corrected chi connectivity index (χ3v) is 7.35. The molecule has 0 saturated heterocycles. The lowest BCUT2D eigenvalue weighted by atomic mass is 9.77. The number of hydrogen-bond acceptors (Lipinski definition) is 10. The third-order valence-electron chi connectivity index (χ3n) is 7.04. The van der Waals surface area contributed by atoms with Crippen LogP contribution in [0.3, 0.4) is 0 Å². The number of anilines is 2. The molecule has 0 aliphatic carbocycles. The second-order valence-electron chi connectivity index (χ2n) is 11.6. The number of halogens is 2. The van der Waals surface area contributed by atoms with Gasteiger partial charge in [-0.25, -0.2) is 9.18 Å². The van der Waals surface area contributed by atoms with Crippen LogP contribution in [0.25, 0.3) is 0 Å². The van der Waals surface area contributed by atoms with Crippen molar-refractivity contribution in [1.82, 2.24) is 4.90 Å². The van der Waals surface area contributed by atoms with Gasteiger partial charge in [0.1, 0.15) is 11.4 Å². The standard InChI is InChI=1S/C30H38ClFN8O4/c1-8-20(11-10-19(3)32)16-30(9-2,18-33)12-13-39(7)26(41)25-17-40(28(42)44-29(4,5)6)23-14-21(31)22(15-24(23)43-25)34-27-35-37-38-36-27/h8,10-11,14-15,25,27,34H,1,9,12-13,16-17H2,2-7H3. The number of nitriles is 1. The molecule has 14 heteroatoms. The lowest BCUT2D eigenvalue weighted by molar-refractivity contribution is -0.137. The van der Waals surface area contributed by atoms with E-state index in [2.05, 4.69) is 38.6 Å². The lowest BCUT2D eigenvalue weighted by Gasteiger charge is -2.37. The molecule has 0 aromatic heterocycles. The van der Waals surface area contributed by atoms with Crippen molar-refractivity contribution in [3.8, 4) is 11.8 Å². The summed E-state index contributed by atoms with van der Waals surface area (Å²) in [5, 5.41) is 27.9. The molecule has 0 saturated carbocycles. The average molecular weight is 629 g/mol. The smallest absolute Gasteiger partial charge is 0.415 e. The van der Waals surface area contributed by atoms with Crippen molar-refractivity contribution in [2.45, 2.75) is 71.9 Å². The molecule has 0 bridgehead atoms. The molecule has 0 fully saturated rings. The van der Waals surface area contributed by atoms with E-state index in [4.69, 9.17) is 21.1 Å². The number of ether oxygens (including phenoxy) is 2. The lowest BCUT2D eigenvalue weighted by Crippen LogP contribution is -2.52. The Labute approximate surface area is 261 Å². The van der Waals surface area contributed by atoms with E-state index in [1.165, 1.54) is 28.9 Å². The number of rotatable bonds is 11. The summed E-state index contributed by atoms with van der Waals surface area (Å²) >= 11 is 6.51. The number of nitrogens with one attached hydrogen (secondary N) is 1. The Morgan fingerprint density at radius 3 is 2.57 bits per heavy atom. The molecule has 3 rings (SSSR count). The van der Waals surface area contributed by atoms with Gasteiger partial charge in [0, 0.05) is 19.7 Å². The van der Waals surface area contributed by atoms with Crippen molar-refractivity contribution in [1.29, 1.82) is 5.26 Å².